The Bertz CT molecular complexity index is 245. The number of carbonyl (C=O) groups is 1. The van der Waals surface area contributed by atoms with Crippen molar-refractivity contribution >= 4 is 21.8 Å². The number of hydrogen-bond acceptors (Lipinski definition) is 5. The molecular weight excluding hydrogens is 264 g/mol. The summed E-state index contributed by atoms with van der Waals surface area (Å²) in [6.07, 6.45) is -2.14. The quantitative estimate of drug-likeness (QED) is 0.283. The van der Waals surface area contributed by atoms with E-state index in [1.165, 1.54) is 0 Å². The monoisotopic (exact) mass is 270 g/mol. The van der Waals surface area contributed by atoms with Crippen LogP contribution in [0.15, 0.2) is 0 Å². The number of rotatable bonds is 2. The van der Waals surface area contributed by atoms with Crippen LogP contribution in [0.25, 0.3) is 0 Å². The standard InChI is InChI=1S/CH4O9P2.2Na.2H/c2-1(9-11(3,4)5)10-12(6,7)8;;;;/h(H2,3,4,5)(H2,6,7,8);;;;/q;2*+1;2*-1. The molecule has 0 aromatic heterocycles. The molecule has 0 aliphatic heterocycles. The molecule has 0 amide bonds. The predicted molar refractivity (Wildman–Crippen MR) is 33.9 cm³/mol. The number of phosphoric acid groups is 2. The second-order valence-corrected chi connectivity index (χ2v) is 3.74. The minimum absolute atomic E-state index is 0. The smallest absolute Gasteiger partial charge is 1.00 e. The summed E-state index contributed by atoms with van der Waals surface area (Å²) in [7, 11) is -10.3. The normalized spacial score (nSPS) is 10.6. The third kappa shape index (κ3) is 16.0. The molecule has 0 radical (unpaired) electrons. The Kier molecular flexibility index (Phi) is 11.6. The Morgan fingerprint density at radius 2 is 1.14 bits per heavy atom. The van der Waals surface area contributed by atoms with Gasteiger partial charge < -0.3 is 11.9 Å². The first kappa shape index (κ1) is 20.9. The van der Waals surface area contributed by atoms with Crippen LogP contribution in [-0.4, -0.2) is 25.7 Å². The van der Waals surface area contributed by atoms with Crippen molar-refractivity contribution in [3.63, 3.8) is 0 Å². The first-order valence-electron chi connectivity index (χ1n) is 2.14. The molecule has 0 aliphatic carbocycles. The van der Waals surface area contributed by atoms with Crippen LogP contribution in [-0.2, 0) is 18.2 Å². The molecule has 0 saturated carbocycles. The molecule has 0 unspecified atom stereocenters. The summed E-state index contributed by atoms with van der Waals surface area (Å²) in [5.74, 6) is 0. The minimum atomic E-state index is -5.13. The molecule has 0 aromatic rings. The van der Waals surface area contributed by atoms with Gasteiger partial charge in [-0.25, -0.2) is 13.9 Å². The van der Waals surface area contributed by atoms with Gasteiger partial charge in [-0.05, 0) is 0 Å². The molecule has 9 nitrogen and oxygen atoms in total. The van der Waals surface area contributed by atoms with E-state index >= 15 is 0 Å². The molecule has 0 aliphatic rings. The van der Waals surface area contributed by atoms with Gasteiger partial charge in [0.1, 0.15) is 0 Å². The van der Waals surface area contributed by atoms with E-state index in [0.29, 0.717) is 0 Å². The second kappa shape index (κ2) is 7.78. The molecule has 0 rings (SSSR count). The molecule has 0 atom stereocenters. The van der Waals surface area contributed by atoms with Gasteiger partial charge in [-0.2, -0.15) is 0 Å². The van der Waals surface area contributed by atoms with Crippen molar-refractivity contribution in [1.29, 1.82) is 0 Å². The van der Waals surface area contributed by atoms with E-state index in [4.69, 9.17) is 19.6 Å². The van der Waals surface area contributed by atoms with Crippen LogP contribution in [0.1, 0.15) is 2.85 Å². The maximum atomic E-state index is 10.0. The average molecular weight is 270 g/mol. The zero-order valence-electron chi connectivity index (χ0n) is 9.22. The predicted octanol–water partition coefficient (Wildman–Crippen LogP) is -6.44. The van der Waals surface area contributed by atoms with E-state index in [1.54, 1.807) is 0 Å². The summed E-state index contributed by atoms with van der Waals surface area (Å²) in [6.45, 7) is 0. The Balaban J connectivity index is -0.000000101. The third-order valence-corrected chi connectivity index (χ3v) is 1.16. The molecule has 13 heteroatoms. The number of hydrogen-bond donors (Lipinski definition) is 4. The van der Waals surface area contributed by atoms with Gasteiger partial charge in [0.15, 0.2) is 0 Å². The molecule has 0 bridgehead atoms. The second-order valence-electron chi connectivity index (χ2n) is 1.41. The molecular formula is CH6Na2O9P2. The van der Waals surface area contributed by atoms with Gasteiger partial charge in [0.05, 0.1) is 0 Å². The molecule has 4 N–H and O–H groups in total. The third-order valence-electron chi connectivity index (χ3n) is 0.387. The van der Waals surface area contributed by atoms with Gasteiger partial charge in [-0.1, -0.05) is 0 Å². The Morgan fingerprint density at radius 3 is 1.29 bits per heavy atom. The Morgan fingerprint density at radius 1 is 0.929 bits per heavy atom. The van der Waals surface area contributed by atoms with E-state index in [9.17, 15) is 13.9 Å². The van der Waals surface area contributed by atoms with E-state index in [-0.39, 0.29) is 62.0 Å². The fourth-order valence-electron chi connectivity index (χ4n) is 0.211. The van der Waals surface area contributed by atoms with Crippen molar-refractivity contribution in [1.82, 2.24) is 0 Å². The average Bonchev–Trinajstić information content (AvgIpc) is 1.49. The maximum Gasteiger partial charge on any atom is 1.00 e. The fraction of sp³-hybridized carbons (Fsp3) is 0. The minimum Gasteiger partial charge on any atom is -1.00 e. The number of carbonyl (C=O) groups excluding carboxylic acids is 1. The zero-order valence-corrected chi connectivity index (χ0v) is 13.0. The summed E-state index contributed by atoms with van der Waals surface area (Å²) in [4.78, 5) is 41.7. The maximum absolute atomic E-state index is 10.0. The number of phosphoric ester groups is 2. The Labute approximate surface area is 125 Å². The van der Waals surface area contributed by atoms with Crippen LogP contribution in [0.3, 0.4) is 0 Å². The summed E-state index contributed by atoms with van der Waals surface area (Å²) >= 11 is 0. The van der Waals surface area contributed by atoms with E-state index in [0.717, 1.165) is 0 Å². The molecule has 0 fully saturated rings. The summed E-state index contributed by atoms with van der Waals surface area (Å²) in [5, 5.41) is 0. The first-order chi connectivity index (χ1) is 5.10. The zero-order chi connectivity index (χ0) is 9.99. The fourth-order valence-corrected chi connectivity index (χ4v) is 0.733. The van der Waals surface area contributed by atoms with E-state index in [2.05, 4.69) is 9.05 Å². The Hall–Kier alpha value is 1.57. The van der Waals surface area contributed by atoms with Crippen molar-refractivity contribution in [2.75, 3.05) is 0 Å². The SMILES string of the molecule is O=C(OP(=O)(O)O)OP(=O)(O)O.[H-].[H-].[Na+].[Na+]. The van der Waals surface area contributed by atoms with Gasteiger partial charge in [0.2, 0.25) is 0 Å². The summed E-state index contributed by atoms with van der Waals surface area (Å²) < 4.78 is 25.9. The summed E-state index contributed by atoms with van der Waals surface area (Å²) in [6, 6.07) is 0. The van der Waals surface area contributed by atoms with Gasteiger partial charge in [0, 0.05) is 0 Å². The van der Waals surface area contributed by atoms with Gasteiger partial charge in [0.25, 0.3) is 0 Å². The molecule has 0 spiro atoms. The van der Waals surface area contributed by atoms with Crippen molar-refractivity contribution in [3.05, 3.63) is 0 Å². The van der Waals surface area contributed by atoms with Crippen LogP contribution in [0.4, 0.5) is 4.79 Å². The molecule has 0 heterocycles. The van der Waals surface area contributed by atoms with Crippen LogP contribution in [0.5, 0.6) is 0 Å². The van der Waals surface area contributed by atoms with Crippen LogP contribution >= 0.6 is 15.6 Å². The topological polar surface area (TPSA) is 151 Å². The van der Waals surface area contributed by atoms with Crippen LogP contribution < -0.4 is 59.1 Å². The molecule has 0 saturated heterocycles. The largest absolute Gasteiger partial charge is 1.00 e. The van der Waals surface area contributed by atoms with Gasteiger partial charge >= 0.3 is 80.9 Å². The van der Waals surface area contributed by atoms with Gasteiger partial charge in [-0.15, -0.1) is 0 Å². The van der Waals surface area contributed by atoms with Crippen LogP contribution in [0, 0.1) is 0 Å². The van der Waals surface area contributed by atoms with Crippen LogP contribution in [0.2, 0.25) is 0 Å². The van der Waals surface area contributed by atoms with Gasteiger partial charge in [-0.3, -0.25) is 19.6 Å². The summed E-state index contributed by atoms with van der Waals surface area (Å²) in [5.41, 5.74) is 0. The van der Waals surface area contributed by atoms with Crippen molar-refractivity contribution < 1.29 is 105 Å². The molecule has 0 aromatic carbocycles. The van der Waals surface area contributed by atoms with E-state index < -0.39 is 21.8 Å². The van der Waals surface area contributed by atoms with Crippen molar-refractivity contribution in [2.24, 2.45) is 0 Å². The first-order valence-corrected chi connectivity index (χ1v) is 5.20. The van der Waals surface area contributed by atoms with Crippen molar-refractivity contribution in [2.45, 2.75) is 0 Å². The molecule has 76 valence electrons. The molecule has 14 heavy (non-hydrogen) atoms. The van der Waals surface area contributed by atoms with Crippen molar-refractivity contribution in [3.8, 4) is 0 Å². The van der Waals surface area contributed by atoms with E-state index in [1.807, 2.05) is 0 Å².